The van der Waals surface area contributed by atoms with Crippen LogP contribution in [0.15, 0.2) is 0 Å². The Hall–Kier alpha value is -1.30. The van der Waals surface area contributed by atoms with Crippen LogP contribution in [0.5, 0.6) is 0 Å². The lowest BCUT2D eigenvalue weighted by atomic mass is 10.0. The minimum Gasteiger partial charge on any atom is -0.480 e. The van der Waals surface area contributed by atoms with Gasteiger partial charge in [0.2, 0.25) is 0 Å². The van der Waals surface area contributed by atoms with Crippen molar-refractivity contribution in [2.24, 2.45) is 0 Å². The Kier molecular flexibility index (Phi) is 3.51. The van der Waals surface area contributed by atoms with Gasteiger partial charge in [-0.15, -0.1) is 0 Å². The predicted octanol–water partition coefficient (Wildman–Crippen LogP) is 1.07. The Bertz CT molecular complexity index is 321. The van der Waals surface area contributed by atoms with Crippen molar-refractivity contribution in [3.05, 3.63) is 0 Å². The quantitative estimate of drug-likeness (QED) is 0.732. The number of hydroxylamine groups is 2. The summed E-state index contributed by atoms with van der Waals surface area (Å²) >= 11 is 0. The average molecular weight is 242 g/mol. The van der Waals surface area contributed by atoms with Gasteiger partial charge in [-0.05, 0) is 19.3 Å². The number of piperidine rings is 1. The number of aliphatic carboxylic acids is 1. The molecule has 6 nitrogen and oxygen atoms in total. The maximum absolute atomic E-state index is 12.0. The van der Waals surface area contributed by atoms with Crippen molar-refractivity contribution in [3.63, 3.8) is 0 Å². The number of hydrogen-bond acceptors (Lipinski definition) is 3. The topological polar surface area (TPSA) is 70.1 Å². The number of unbranched alkanes of at least 4 members (excludes halogenated alkanes) is 1. The van der Waals surface area contributed by atoms with E-state index in [1.165, 1.54) is 9.96 Å². The summed E-state index contributed by atoms with van der Waals surface area (Å²) in [6, 6.07) is -0.954. The summed E-state index contributed by atoms with van der Waals surface area (Å²) in [5.41, 5.74) is 0. The lowest BCUT2D eigenvalue weighted by molar-refractivity contribution is -0.142. The zero-order valence-electron chi connectivity index (χ0n) is 9.96. The Morgan fingerprint density at radius 2 is 2.29 bits per heavy atom. The van der Waals surface area contributed by atoms with E-state index in [9.17, 15) is 9.59 Å². The number of carboxylic acid groups (broad SMARTS) is 1. The first-order valence-electron chi connectivity index (χ1n) is 6.10. The molecule has 2 aliphatic rings. The van der Waals surface area contributed by atoms with Gasteiger partial charge in [-0.3, -0.25) is 4.84 Å². The van der Waals surface area contributed by atoms with E-state index >= 15 is 0 Å². The second kappa shape index (κ2) is 4.91. The highest BCUT2D eigenvalue weighted by atomic mass is 16.7. The molecule has 96 valence electrons. The zero-order valence-corrected chi connectivity index (χ0v) is 9.96. The van der Waals surface area contributed by atoms with Crippen LogP contribution in [-0.2, 0) is 9.63 Å². The van der Waals surface area contributed by atoms with Crippen LogP contribution in [0.3, 0.4) is 0 Å². The molecular formula is C11H18N2O4. The van der Waals surface area contributed by atoms with Crippen LogP contribution < -0.4 is 0 Å². The van der Waals surface area contributed by atoms with Crippen LogP contribution >= 0.6 is 0 Å². The molecule has 0 saturated carbocycles. The van der Waals surface area contributed by atoms with Gasteiger partial charge in [0.25, 0.3) is 0 Å². The van der Waals surface area contributed by atoms with Gasteiger partial charge >= 0.3 is 12.0 Å². The number of carbonyl (C=O) groups is 2. The second-order valence-corrected chi connectivity index (χ2v) is 4.53. The molecule has 2 saturated heterocycles. The van der Waals surface area contributed by atoms with E-state index in [0.29, 0.717) is 26.0 Å². The van der Waals surface area contributed by atoms with Crippen molar-refractivity contribution in [2.75, 3.05) is 13.2 Å². The summed E-state index contributed by atoms with van der Waals surface area (Å²) in [7, 11) is 0. The molecule has 2 unspecified atom stereocenters. The van der Waals surface area contributed by atoms with Crippen molar-refractivity contribution in [2.45, 2.75) is 44.7 Å². The van der Waals surface area contributed by atoms with Gasteiger partial charge in [0.15, 0.2) is 0 Å². The number of carboxylic acids is 1. The van der Waals surface area contributed by atoms with Gasteiger partial charge in [0, 0.05) is 6.54 Å². The van der Waals surface area contributed by atoms with Crippen molar-refractivity contribution in [3.8, 4) is 0 Å². The van der Waals surface area contributed by atoms with E-state index in [1.807, 2.05) is 0 Å². The summed E-state index contributed by atoms with van der Waals surface area (Å²) in [5.74, 6) is -0.924. The second-order valence-electron chi connectivity index (χ2n) is 4.53. The molecule has 2 heterocycles. The van der Waals surface area contributed by atoms with Crippen molar-refractivity contribution >= 4 is 12.0 Å². The summed E-state index contributed by atoms with van der Waals surface area (Å²) in [4.78, 5) is 29.8. The highest BCUT2D eigenvalue weighted by Crippen LogP contribution is 2.30. The maximum atomic E-state index is 12.0. The molecule has 6 heteroatoms. The van der Waals surface area contributed by atoms with Crippen LogP contribution in [0.4, 0.5) is 4.79 Å². The molecule has 0 radical (unpaired) electrons. The molecule has 17 heavy (non-hydrogen) atoms. The standard InChI is InChI=1S/C11H18N2O4/c1-2-3-6-17-13-8-4-5-9(10(14)15)12(7-8)11(13)16/h8-9H,2-7H2,1H3,(H,14,15). The molecule has 0 spiro atoms. The van der Waals surface area contributed by atoms with Crippen molar-refractivity contribution < 1.29 is 19.5 Å². The van der Waals surface area contributed by atoms with E-state index < -0.39 is 12.0 Å². The summed E-state index contributed by atoms with van der Waals surface area (Å²) in [6.07, 6.45) is 3.12. The highest BCUT2D eigenvalue weighted by molar-refractivity contribution is 5.84. The zero-order chi connectivity index (χ0) is 12.4. The molecule has 2 atom stereocenters. The lowest BCUT2D eigenvalue weighted by Crippen LogP contribution is -2.44. The van der Waals surface area contributed by atoms with E-state index in [2.05, 4.69) is 6.92 Å². The van der Waals surface area contributed by atoms with Crippen molar-refractivity contribution in [1.82, 2.24) is 9.96 Å². The smallest absolute Gasteiger partial charge is 0.345 e. The van der Waals surface area contributed by atoms with E-state index in [1.54, 1.807) is 0 Å². The Morgan fingerprint density at radius 1 is 1.53 bits per heavy atom. The fraction of sp³-hybridized carbons (Fsp3) is 0.818. The Labute approximate surface area is 100 Å². The monoisotopic (exact) mass is 242 g/mol. The first kappa shape index (κ1) is 12.2. The molecular weight excluding hydrogens is 224 g/mol. The SMILES string of the molecule is CCCCON1C(=O)N2CC1CCC2C(=O)O. The van der Waals surface area contributed by atoms with E-state index in [4.69, 9.17) is 9.94 Å². The molecule has 0 aromatic heterocycles. The molecule has 0 aliphatic carbocycles. The molecule has 2 fully saturated rings. The average Bonchev–Trinajstić information content (AvgIpc) is 2.54. The van der Waals surface area contributed by atoms with Crippen LogP contribution in [0, 0.1) is 0 Å². The Balaban J connectivity index is 1.99. The van der Waals surface area contributed by atoms with Crippen LogP contribution in [-0.4, -0.2) is 52.3 Å². The first-order chi connectivity index (χ1) is 8.15. The number of amides is 2. The van der Waals surface area contributed by atoms with Crippen molar-refractivity contribution in [1.29, 1.82) is 0 Å². The van der Waals surface area contributed by atoms with Gasteiger partial charge in [-0.2, -0.15) is 5.06 Å². The van der Waals surface area contributed by atoms with Crippen LogP contribution in [0.2, 0.25) is 0 Å². The normalized spacial score (nSPS) is 27.7. The first-order valence-corrected chi connectivity index (χ1v) is 6.10. The number of nitrogens with zero attached hydrogens (tertiary/aromatic N) is 2. The number of rotatable bonds is 5. The van der Waals surface area contributed by atoms with Crippen LogP contribution in [0.25, 0.3) is 0 Å². The molecule has 0 aromatic carbocycles. The molecule has 2 aliphatic heterocycles. The number of fused-ring (bicyclic) bond motifs is 2. The largest absolute Gasteiger partial charge is 0.480 e. The molecule has 1 N–H and O–H groups in total. The van der Waals surface area contributed by atoms with Gasteiger partial charge in [0.05, 0.1) is 12.6 Å². The molecule has 0 aromatic rings. The molecule has 2 bridgehead atoms. The summed E-state index contributed by atoms with van der Waals surface area (Å²) in [5, 5.41) is 10.4. The molecule has 2 amide bonds. The fourth-order valence-corrected chi connectivity index (χ4v) is 2.36. The molecule has 2 rings (SSSR count). The maximum Gasteiger partial charge on any atom is 0.345 e. The minimum absolute atomic E-state index is 0.0231. The minimum atomic E-state index is -0.924. The fourth-order valence-electron chi connectivity index (χ4n) is 2.36. The third-order valence-electron chi connectivity index (χ3n) is 3.34. The van der Waals surface area contributed by atoms with Gasteiger partial charge in [0.1, 0.15) is 6.04 Å². The number of carbonyl (C=O) groups excluding carboxylic acids is 1. The summed E-state index contributed by atoms with van der Waals surface area (Å²) in [6.45, 7) is 3.05. The number of hydrogen-bond donors (Lipinski definition) is 1. The third kappa shape index (κ3) is 2.22. The lowest BCUT2D eigenvalue weighted by Gasteiger charge is -2.26. The van der Waals surface area contributed by atoms with Crippen LogP contribution in [0.1, 0.15) is 32.6 Å². The van der Waals surface area contributed by atoms with Gasteiger partial charge in [-0.1, -0.05) is 13.3 Å². The summed E-state index contributed by atoms with van der Waals surface area (Å²) < 4.78 is 0. The third-order valence-corrected chi connectivity index (χ3v) is 3.34. The number of urea groups is 1. The van der Waals surface area contributed by atoms with Gasteiger partial charge < -0.3 is 10.0 Å². The van der Waals surface area contributed by atoms with Gasteiger partial charge in [-0.25, -0.2) is 9.59 Å². The van der Waals surface area contributed by atoms with E-state index in [0.717, 1.165) is 12.8 Å². The highest BCUT2D eigenvalue weighted by Gasteiger charge is 2.47. The predicted molar refractivity (Wildman–Crippen MR) is 59.2 cm³/mol. The Morgan fingerprint density at radius 3 is 2.94 bits per heavy atom. The van der Waals surface area contributed by atoms with E-state index in [-0.39, 0.29) is 12.1 Å².